The first-order valence-corrected chi connectivity index (χ1v) is 7.44. The maximum atomic E-state index is 12.6. The zero-order valence-corrected chi connectivity index (χ0v) is 12.5. The number of aryl methyl sites for hydroxylation is 2. The van der Waals surface area contributed by atoms with Gasteiger partial charge < -0.3 is 9.88 Å². The van der Waals surface area contributed by atoms with E-state index in [1.165, 1.54) is 23.1 Å². The van der Waals surface area contributed by atoms with E-state index >= 15 is 0 Å². The number of carbonyl (C=O) groups is 1. The molecule has 0 spiro atoms. The molecule has 1 fully saturated rings. The Bertz CT molecular complexity index is 656. The molecule has 0 radical (unpaired) electrons. The Balaban J connectivity index is 1.93. The first-order valence-electron chi connectivity index (χ1n) is 7.44. The largest absolute Gasteiger partial charge is 0.358 e. The van der Waals surface area contributed by atoms with Gasteiger partial charge in [0.25, 0.3) is 5.91 Å². The second-order valence-electron chi connectivity index (χ2n) is 6.13. The summed E-state index contributed by atoms with van der Waals surface area (Å²) >= 11 is 0. The molecule has 1 amide bonds. The Morgan fingerprint density at radius 3 is 2.90 bits per heavy atom. The first kappa shape index (κ1) is 13.2. The van der Waals surface area contributed by atoms with Crippen LogP contribution in [-0.2, 0) is 0 Å². The fourth-order valence-electron chi connectivity index (χ4n) is 3.15. The van der Waals surface area contributed by atoms with Gasteiger partial charge in [-0.25, -0.2) is 0 Å². The van der Waals surface area contributed by atoms with Crippen LogP contribution in [0, 0.1) is 19.8 Å². The summed E-state index contributed by atoms with van der Waals surface area (Å²) in [4.78, 5) is 18.0. The predicted molar refractivity (Wildman–Crippen MR) is 82.1 cm³/mol. The molecule has 3 nitrogen and oxygen atoms in total. The molecule has 20 heavy (non-hydrogen) atoms. The Morgan fingerprint density at radius 1 is 1.35 bits per heavy atom. The van der Waals surface area contributed by atoms with Crippen molar-refractivity contribution in [2.45, 2.75) is 33.6 Å². The number of rotatable bonds is 1. The third kappa shape index (κ3) is 2.21. The lowest BCUT2D eigenvalue weighted by Crippen LogP contribution is -2.39. The molecule has 1 aromatic heterocycles. The van der Waals surface area contributed by atoms with Gasteiger partial charge in [0.05, 0.1) is 0 Å². The molecule has 0 saturated carbocycles. The standard InChI is InChI=1S/C17H22N2O/c1-11-5-4-8-19(10-11)17(20)14-6-7-16-15(9-14)12(2)13(3)18-16/h6-7,9,11,18H,4-5,8,10H2,1-3H3. The van der Waals surface area contributed by atoms with Gasteiger partial charge in [0.15, 0.2) is 0 Å². The van der Waals surface area contributed by atoms with E-state index in [1.54, 1.807) is 0 Å². The van der Waals surface area contributed by atoms with Crippen LogP contribution in [0.25, 0.3) is 10.9 Å². The number of carbonyl (C=O) groups excluding carboxylic acids is 1. The van der Waals surface area contributed by atoms with E-state index in [4.69, 9.17) is 0 Å². The monoisotopic (exact) mass is 270 g/mol. The number of hydrogen-bond donors (Lipinski definition) is 1. The van der Waals surface area contributed by atoms with E-state index in [2.05, 4.69) is 25.8 Å². The van der Waals surface area contributed by atoms with Crippen LogP contribution in [0.2, 0.25) is 0 Å². The van der Waals surface area contributed by atoms with Crippen molar-refractivity contribution in [3.8, 4) is 0 Å². The van der Waals surface area contributed by atoms with Gasteiger partial charge in [-0.2, -0.15) is 0 Å². The van der Waals surface area contributed by atoms with Crippen molar-refractivity contribution in [3.05, 3.63) is 35.0 Å². The molecular weight excluding hydrogens is 248 g/mol. The Morgan fingerprint density at radius 2 is 2.15 bits per heavy atom. The molecule has 3 heteroatoms. The summed E-state index contributed by atoms with van der Waals surface area (Å²) < 4.78 is 0. The molecule has 3 rings (SSSR count). The van der Waals surface area contributed by atoms with Crippen molar-refractivity contribution in [1.82, 2.24) is 9.88 Å². The van der Waals surface area contributed by atoms with Crippen LogP contribution >= 0.6 is 0 Å². The third-order valence-electron chi connectivity index (χ3n) is 4.50. The highest BCUT2D eigenvalue weighted by atomic mass is 16.2. The van der Waals surface area contributed by atoms with Gasteiger partial charge in [0.2, 0.25) is 0 Å². The second-order valence-corrected chi connectivity index (χ2v) is 6.13. The second kappa shape index (κ2) is 4.97. The highest BCUT2D eigenvalue weighted by molar-refractivity contribution is 5.99. The molecule has 106 valence electrons. The number of amides is 1. The summed E-state index contributed by atoms with van der Waals surface area (Å²) in [6.07, 6.45) is 2.36. The molecule has 1 atom stereocenters. The van der Waals surface area contributed by atoms with Crippen molar-refractivity contribution in [1.29, 1.82) is 0 Å². The summed E-state index contributed by atoms with van der Waals surface area (Å²) in [5.41, 5.74) is 4.34. The van der Waals surface area contributed by atoms with Crippen LogP contribution in [0.3, 0.4) is 0 Å². The van der Waals surface area contributed by atoms with E-state index < -0.39 is 0 Å². The Kier molecular flexibility index (Phi) is 3.28. The lowest BCUT2D eigenvalue weighted by Gasteiger charge is -2.31. The van der Waals surface area contributed by atoms with E-state index in [0.717, 1.165) is 30.6 Å². The van der Waals surface area contributed by atoms with Crippen LogP contribution in [0.1, 0.15) is 41.4 Å². The smallest absolute Gasteiger partial charge is 0.253 e. The number of likely N-dealkylation sites (tertiary alicyclic amines) is 1. The zero-order valence-electron chi connectivity index (χ0n) is 12.5. The minimum atomic E-state index is 0.178. The molecule has 0 aliphatic carbocycles. The zero-order chi connectivity index (χ0) is 14.3. The normalized spacial score (nSPS) is 19.6. The average molecular weight is 270 g/mol. The molecule has 1 unspecified atom stereocenters. The lowest BCUT2D eigenvalue weighted by molar-refractivity contribution is 0.0683. The molecule has 1 aliphatic heterocycles. The van der Waals surface area contributed by atoms with Gasteiger partial charge in [0, 0.05) is 35.2 Å². The van der Waals surface area contributed by atoms with Crippen LogP contribution in [0.15, 0.2) is 18.2 Å². The topological polar surface area (TPSA) is 36.1 Å². The predicted octanol–water partition coefficient (Wildman–Crippen LogP) is 3.66. The Labute approximate surface area is 120 Å². The highest BCUT2D eigenvalue weighted by Crippen LogP contribution is 2.24. The van der Waals surface area contributed by atoms with E-state index in [1.807, 2.05) is 23.1 Å². The number of piperidine rings is 1. The van der Waals surface area contributed by atoms with Crippen LogP contribution in [0.5, 0.6) is 0 Å². The van der Waals surface area contributed by atoms with E-state index in [0.29, 0.717) is 5.92 Å². The van der Waals surface area contributed by atoms with Crippen molar-refractivity contribution in [2.24, 2.45) is 5.92 Å². The van der Waals surface area contributed by atoms with E-state index in [9.17, 15) is 4.79 Å². The average Bonchev–Trinajstić information content (AvgIpc) is 2.73. The van der Waals surface area contributed by atoms with Gasteiger partial charge in [-0.1, -0.05) is 6.92 Å². The van der Waals surface area contributed by atoms with Crippen molar-refractivity contribution >= 4 is 16.8 Å². The minimum Gasteiger partial charge on any atom is -0.358 e. The third-order valence-corrected chi connectivity index (χ3v) is 4.50. The maximum Gasteiger partial charge on any atom is 0.253 e. The number of nitrogens with zero attached hydrogens (tertiary/aromatic N) is 1. The van der Waals surface area contributed by atoms with Gasteiger partial charge >= 0.3 is 0 Å². The van der Waals surface area contributed by atoms with Crippen LogP contribution < -0.4 is 0 Å². The van der Waals surface area contributed by atoms with Gasteiger partial charge in [0.1, 0.15) is 0 Å². The number of H-pyrrole nitrogens is 1. The summed E-state index contributed by atoms with van der Waals surface area (Å²) in [5, 5.41) is 1.17. The van der Waals surface area contributed by atoms with E-state index in [-0.39, 0.29) is 5.91 Å². The summed E-state index contributed by atoms with van der Waals surface area (Å²) in [6, 6.07) is 6.00. The summed E-state index contributed by atoms with van der Waals surface area (Å²) in [5.74, 6) is 0.796. The Hall–Kier alpha value is -1.77. The highest BCUT2D eigenvalue weighted by Gasteiger charge is 2.22. The quantitative estimate of drug-likeness (QED) is 0.843. The molecule has 1 aromatic carbocycles. The fraction of sp³-hybridized carbons (Fsp3) is 0.471. The van der Waals surface area contributed by atoms with Gasteiger partial charge in [-0.05, 0) is 56.4 Å². The summed E-state index contributed by atoms with van der Waals surface area (Å²) in [7, 11) is 0. The number of aromatic nitrogens is 1. The number of hydrogen-bond acceptors (Lipinski definition) is 1. The molecule has 1 aliphatic rings. The SMILES string of the molecule is Cc1[nH]c2ccc(C(=O)N3CCCC(C)C3)cc2c1C. The first-order chi connectivity index (χ1) is 9.56. The summed E-state index contributed by atoms with van der Waals surface area (Å²) in [6.45, 7) is 8.19. The fourth-order valence-corrected chi connectivity index (χ4v) is 3.15. The lowest BCUT2D eigenvalue weighted by atomic mass is 9.99. The van der Waals surface area contributed by atoms with Crippen LogP contribution in [0.4, 0.5) is 0 Å². The molecular formula is C17H22N2O. The molecule has 2 aromatic rings. The maximum absolute atomic E-state index is 12.6. The van der Waals surface area contributed by atoms with Crippen molar-refractivity contribution in [2.75, 3.05) is 13.1 Å². The van der Waals surface area contributed by atoms with Gasteiger partial charge in [-0.3, -0.25) is 4.79 Å². The van der Waals surface area contributed by atoms with Gasteiger partial charge in [-0.15, -0.1) is 0 Å². The molecule has 1 saturated heterocycles. The number of fused-ring (bicyclic) bond motifs is 1. The van der Waals surface area contributed by atoms with Crippen LogP contribution in [-0.4, -0.2) is 28.9 Å². The molecule has 0 bridgehead atoms. The number of benzene rings is 1. The number of nitrogens with one attached hydrogen (secondary N) is 1. The van der Waals surface area contributed by atoms with Crippen molar-refractivity contribution < 1.29 is 4.79 Å². The molecule has 1 N–H and O–H groups in total. The number of aromatic amines is 1. The minimum absolute atomic E-state index is 0.178. The van der Waals surface area contributed by atoms with Crippen molar-refractivity contribution in [3.63, 3.8) is 0 Å². The molecule has 2 heterocycles.